The van der Waals surface area contributed by atoms with Gasteiger partial charge in [0.15, 0.2) is 0 Å². The maximum absolute atomic E-state index is 3.43. The van der Waals surface area contributed by atoms with E-state index in [4.69, 9.17) is 0 Å². The third kappa shape index (κ3) is 2.85. The molecule has 2 aliphatic rings. The molecule has 0 spiro atoms. The van der Waals surface area contributed by atoms with Crippen LogP contribution in [0.25, 0.3) is 0 Å². The van der Waals surface area contributed by atoms with E-state index in [-0.39, 0.29) is 0 Å². The van der Waals surface area contributed by atoms with E-state index in [2.05, 4.69) is 38.2 Å². The highest BCUT2D eigenvalue weighted by Crippen LogP contribution is 2.41. The van der Waals surface area contributed by atoms with Crippen molar-refractivity contribution in [1.82, 2.24) is 10.2 Å². The molecule has 0 saturated heterocycles. The van der Waals surface area contributed by atoms with Gasteiger partial charge in [-0.25, -0.2) is 0 Å². The fourth-order valence-electron chi connectivity index (χ4n) is 4.09. The van der Waals surface area contributed by atoms with Crippen molar-refractivity contribution < 1.29 is 0 Å². The van der Waals surface area contributed by atoms with Gasteiger partial charge in [0, 0.05) is 18.1 Å². The van der Waals surface area contributed by atoms with Crippen LogP contribution >= 0.6 is 0 Å². The second-order valence-electron chi connectivity index (χ2n) is 6.86. The van der Waals surface area contributed by atoms with Crippen LogP contribution in [0.5, 0.6) is 0 Å². The summed E-state index contributed by atoms with van der Waals surface area (Å²) < 4.78 is 0. The van der Waals surface area contributed by atoms with Crippen LogP contribution in [0.15, 0.2) is 0 Å². The summed E-state index contributed by atoms with van der Waals surface area (Å²) in [5.74, 6) is 0. The Bertz CT molecular complexity index is 241. The van der Waals surface area contributed by atoms with Crippen molar-refractivity contribution in [2.24, 2.45) is 5.41 Å². The Hall–Kier alpha value is -0.0800. The highest BCUT2D eigenvalue weighted by Gasteiger charge is 2.39. The first-order valence-corrected chi connectivity index (χ1v) is 7.44. The van der Waals surface area contributed by atoms with Crippen molar-refractivity contribution in [1.29, 1.82) is 0 Å². The Morgan fingerprint density at radius 1 is 1.06 bits per heavy atom. The monoisotopic (exact) mass is 238 g/mol. The summed E-state index contributed by atoms with van der Waals surface area (Å²) in [4.78, 5) is 2.72. The standard InChI is InChI=1S/C15H30N2/c1-15(2)11-5-6-14(15)17(4)13-9-7-12(16-3)8-10-13/h12-14,16H,5-11H2,1-4H3. The van der Waals surface area contributed by atoms with Crippen LogP contribution in [0.1, 0.15) is 58.8 Å². The molecule has 1 N–H and O–H groups in total. The molecule has 17 heavy (non-hydrogen) atoms. The van der Waals surface area contributed by atoms with Crippen molar-refractivity contribution in [3.63, 3.8) is 0 Å². The summed E-state index contributed by atoms with van der Waals surface area (Å²) in [6.07, 6.45) is 9.73. The molecule has 2 fully saturated rings. The van der Waals surface area contributed by atoms with Crippen LogP contribution < -0.4 is 5.32 Å². The van der Waals surface area contributed by atoms with Gasteiger partial charge in [-0.15, -0.1) is 0 Å². The average molecular weight is 238 g/mol. The van der Waals surface area contributed by atoms with E-state index in [1.165, 1.54) is 44.9 Å². The minimum absolute atomic E-state index is 0.536. The van der Waals surface area contributed by atoms with E-state index in [9.17, 15) is 0 Å². The second kappa shape index (κ2) is 5.27. The van der Waals surface area contributed by atoms with Gasteiger partial charge in [-0.3, -0.25) is 4.90 Å². The molecular weight excluding hydrogens is 208 g/mol. The van der Waals surface area contributed by atoms with Crippen molar-refractivity contribution in [2.45, 2.75) is 76.9 Å². The number of hydrogen-bond donors (Lipinski definition) is 1. The highest BCUT2D eigenvalue weighted by atomic mass is 15.2. The van der Waals surface area contributed by atoms with Crippen LogP contribution in [0.3, 0.4) is 0 Å². The molecule has 0 aromatic rings. The number of nitrogens with one attached hydrogen (secondary N) is 1. The van der Waals surface area contributed by atoms with Gasteiger partial charge in [-0.05, 0) is 58.0 Å². The third-order valence-electron chi connectivity index (χ3n) is 5.37. The SMILES string of the molecule is CNC1CCC(N(C)C2CCCC2(C)C)CC1. The number of rotatable bonds is 3. The number of hydrogen-bond acceptors (Lipinski definition) is 2. The molecule has 0 bridgehead atoms. The van der Waals surface area contributed by atoms with Gasteiger partial charge in [-0.1, -0.05) is 20.3 Å². The summed E-state index contributed by atoms with van der Waals surface area (Å²) >= 11 is 0. The van der Waals surface area contributed by atoms with Gasteiger partial charge < -0.3 is 5.32 Å². The van der Waals surface area contributed by atoms with Crippen LogP contribution in [-0.4, -0.2) is 37.1 Å². The van der Waals surface area contributed by atoms with E-state index in [0.29, 0.717) is 5.41 Å². The lowest BCUT2D eigenvalue weighted by Crippen LogP contribution is -2.48. The second-order valence-corrected chi connectivity index (χ2v) is 6.86. The highest BCUT2D eigenvalue weighted by molar-refractivity contribution is 4.94. The van der Waals surface area contributed by atoms with E-state index in [1.807, 2.05) is 0 Å². The molecule has 0 aliphatic heterocycles. The largest absolute Gasteiger partial charge is 0.317 e. The van der Waals surface area contributed by atoms with E-state index < -0.39 is 0 Å². The molecule has 0 heterocycles. The Kier molecular flexibility index (Phi) is 4.14. The first kappa shape index (κ1) is 13.4. The van der Waals surface area contributed by atoms with Crippen LogP contribution in [0.4, 0.5) is 0 Å². The molecule has 2 rings (SSSR count). The first-order chi connectivity index (χ1) is 8.04. The molecule has 2 nitrogen and oxygen atoms in total. The molecule has 0 aromatic heterocycles. The van der Waals surface area contributed by atoms with Crippen molar-refractivity contribution in [3.05, 3.63) is 0 Å². The number of nitrogens with zero attached hydrogens (tertiary/aromatic N) is 1. The lowest BCUT2D eigenvalue weighted by molar-refractivity contribution is 0.0729. The minimum atomic E-state index is 0.536. The zero-order valence-electron chi connectivity index (χ0n) is 12.1. The molecule has 2 heteroatoms. The molecular formula is C15H30N2. The predicted molar refractivity (Wildman–Crippen MR) is 74.3 cm³/mol. The van der Waals surface area contributed by atoms with Crippen LogP contribution in [0, 0.1) is 5.41 Å². The summed E-state index contributed by atoms with van der Waals surface area (Å²) in [5.41, 5.74) is 0.536. The van der Waals surface area contributed by atoms with Crippen molar-refractivity contribution in [3.8, 4) is 0 Å². The molecule has 0 radical (unpaired) electrons. The quantitative estimate of drug-likeness (QED) is 0.813. The van der Waals surface area contributed by atoms with E-state index >= 15 is 0 Å². The molecule has 0 aromatic carbocycles. The smallest absolute Gasteiger partial charge is 0.0146 e. The van der Waals surface area contributed by atoms with Gasteiger partial charge in [0.2, 0.25) is 0 Å². The molecule has 100 valence electrons. The van der Waals surface area contributed by atoms with Gasteiger partial charge >= 0.3 is 0 Å². The van der Waals surface area contributed by atoms with Gasteiger partial charge in [0.1, 0.15) is 0 Å². The summed E-state index contributed by atoms with van der Waals surface area (Å²) in [6.45, 7) is 4.92. The lowest BCUT2D eigenvalue weighted by Gasteiger charge is -2.42. The van der Waals surface area contributed by atoms with Gasteiger partial charge in [0.25, 0.3) is 0 Å². The first-order valence-electron chi connectivity index (χ1n) is 7.44. The van der Waals surface area contributed by atoms with Crippen molar-refractivity contribution >= 4 is 0 Å². The molecule has 2 saturated carbocycles. The maximum Gasteiger partial charge on any atom is 0.0146 e. The molecule has 0 amide bonds. The van der Waals surface area contributed by atoms with Crippen LogP contribution in [-0.2, 0) is 0 Å². The van der Waals surface area contributed by atoms with E-state index in [0.717, 1.165) is 18.1 Å². The van der Waals surface area contributed by atoms with Crippen LogP contribution in [0.2, 0.25) is 0 Å². The van der Waals surface area contributed by atoms with Gasteiger partial charge in [0.05, 0.1) is 0 Å². The minimum Gasteiger partial charge on any atom is -0.317 e. The van der Waals surface area contributed by atoms with Gasteiger partial charge in [-0.2, -0.15) is 0 Å². The Morgan fingerprint density at radius 3 is 2.18 bits per heavy atom. The third-order valence-corrected chi connectivity index (χ3v) is 5.37. The Balaban J connectivity index is 1.90. The van der Waals surface area contributed by atoms with E-state index in [1.54, 1.807) is 0 Å². The molecule has 2 aliphatic carbocycles. The zero-order chi connectivity index (χ0) is 12.5. The summed E-state index contributed by atoms with van der Waals surface area (Å²) in [5, 5.41) is 3.43. The predicted octanol–water partition coefficient (Wildman–Crippen LogP) is 3.03. The summed E-state index contributed by atoms with van der Waals surface area (Å²) in [7, 11) is 4.48. The molecule has 1 atom stereocenters. The summed E-state index contributed by atoms with van der Waals surface area (Å²) in [6, 6.07) is 2.43. The molecule has 1 unspecified atom stereocenters. The van der Waals surface area contributed by atoms with Crippen molar-refractivity contribution in [2.75, 3.05) is 14.1 Å². The normalized spacial score (nSPS) is 37.6. The Morgan fingerprint density at radius 2 is 1.71 bits per heavy atom. The topological polar surface area (TPSA) is 15.3 Å². The maximum atomic E-state index is 3.43. The fourth-order valence-corrected chi connectivity index (χ4v) is 4.09. The lowest BCUT2D eigenvalue weighted by atomic mass is 9.83. The zero-order valence-corrected chi connectivity index (χ0v) is 12.1. The Labute approximate surface area is 107 Å². The average Bonchev–Trinajstić information content (AvgIpc) is 2.68. The fraction of sp³-hybridized carbons (Fsp3) is 1.00.